The highest BCUT2D eigenvalue weighted by molar-refractivity contribution is 6.76. The molecule has 3 rings (SSSR count). The average molecular weight is 407 g/mol. The lowest BCUT2D eigenvalue weighted by molar-refractivity contribution is 0.127. The molecule has 3 heterocycles. The van der Waals surface area contributed by atoms with Crippen molar-refractivity contribution in [1.29, 1.82) is 0 Å². The maximum absolute atomic E-state index is 11.1. The lowest BCUT2D eigenvalue weighted by Gasteiger charge is -2.37. The third-order valence-corrected chi connectivity index (χ3v) is 6.55. The first-order valence-electron chi connectivity index (χ1n) is 9.73. The SMILES string of the molecule is C[C@H]1C[C@@H](NC(=O)O)CN(c2nc(COCC[Si](C)(C)C)nc3[nH]ncc23)C1. The van der Waals surface area contributed by atoms with Gasteiger partial charge >= 0.3 is 6.09 Å². The van der Waals surface area contributed by atoms with Crippen molar-refractivity contribution in [2.45, 2.75) is 51.7 Å². The van der Waals surface area contributed by atoms with Gasteiger partial charge in [0.1, 0.15) is 12.4 Å². The molecule has 28 heavy (non-hydrogen) atoms. The van der Waals surface area contributed by atoms with E-state index in [1.165, 1.54) is 0 Å². The molecule has 0 aromatic carbocycles. The fourth-order valence-corrected chi connectivity index (χ4v) is 4.27. The molecule has 1 saturated heterocycles. The number of rotatable bonds is 7. The van der Waals surface area contributed by atoms with Crippen molar-refractivity contribution in [2.24, 2.45) is 5.92 Å². The van der Waals surface area contributed by atoms with Crippen LogP contribution in [-0.4, -0.2) is 65.2 Å². The van der Waals surface area contributed by atoms with E-state index in [2.05, 4.69) is 52.0 Å². The van der Waals surface area contributed by atoms with Gasteiger partial charge in [0.25, 0.3) is 0 Å². The summed E-state index contributed by atoms with van der Waals surface area (Å²) in [5.41, 5.74) is 0.676. The van der Waals surface area contributed by atoms with E-state index in [9.17, 15) is 4.79 Å². The Morgan fingerprint density at radius 3 is 2.89 bits per heavy atom. The number of amides is 1. The number of fused-ring (bicyclic) bond motifs is 1. The fourth-order valence-electron chi connectivity index (χ4n) is 3.52. The number of nitrogens with zero attached hydrogens (tertiary/aromatic N) is 4. The number of aromatic amines is 1. The molecule has 3 N–H and O–H groups in total. The molecular formula is C18H30N6O3Si. The van der Waals surface area contributed by atoms with Crippen LogP contribution in [0.1, 0.15) is 19.2 Å². The Bertz CT molecular complexity index is 821. The Morgan fingerprint density at radius 2 is 2.18 bits per heavy atom. The van der Waals surface area contributed by atoms with Crippen LogP contribution in [0.15, 0.2) is 6.20 Å². The van der Waals surface area contributed by atoms with Crippen LogP contribution in [0.5, 0.6) is 0 Å². The van der Waals surface area contributed by atoms with Gasteiger partial charge < -0.3 is 20.1 Å². The number of hydrogen-bond donors (Lipinski definition) is 3. The van der Waals surface area contributed by atoms with Gasteiger partial charge in [-0.3, -0.25) is 5.10 Å². The predicted octanol–water partition coefficient (Wildman–Crippen LogP) is 2.69. The van der Waals surface area contributed by atoms with Gasteiger partial charge in [0.15, 0.2) is 11.5 Å². The number of carbonyl (C=O) groups is 1. The van der Waals surface area contributed by atoms with E-state index in [0.29, 0.717) is 37.1 Å². The van der Waals surface area contributed by atoms with Crippen LogP contribution < -0.4 is 10.2 Å². The summed E-state index contributed by atoms with van der Waals surface area (Å²) in [6.45, 7) is 11.5. The molecule has 0 bridgehead atoms. The summed E-state index contributed by atoms with van der Waals surface area (Å²) >= 11 is 0. The minimum absolute atomic E-state index is 0.130. The number of hydrogen-bond acceptors (Lipinski definition) is 6. The molecule has 2 aromatic rings. The number of anilines is 1. The highest BCUT2D eigenvalue weighted by Gasteiger charge is 2.28. The van der Waals surface area contributed by atoms with Crippen LogP contribution in [0.4, 0.5) is 10.6 Å². The average Bonchev–Trinajstić information content (AvgIpc) is 3.04. The molecule has 1 fully saturated rings. The lowest BCUT2D eigenvalue weighted by atomic mass is 9.96. The quantitative estimate of drug-likeness (QED) is 0.478. The van der Waals surface area contributed by atoms with Crippen molar-refractivity contribution in [3.63, 3.8) is 0 Å². The maximum atomic E-state index is 11.1. The van der Waals surface area contributed by atoms with Gasteiger partial charge in [-0.1, -0.05) is 26.6 Å². The molecule has 2 atom stereocenters. The number of piperidine rings is 1. The fraction of sp³-hybridized carbons (Fsp3) is 0.667. The van der Waals surface area contributed by atoms with Crippen molar-refractivity contribution >= 4 is 31.0 Å². The Hall–Kier alpha value is -2.20. The third kappa shape index (κ3) is 5.41. The molecule has 2 aromatic heterocycles. The predicted molar refractivity (Wildman–Crippen MR) is 110 cm³/mol. The molecule has 1 amide bonds. The Morgan fingerprint density at radius 1 is 1.39 bits per heavy atom. The van der Waals surface area contributed by atoms with Crippen LogP contribution in [0.3, 0.4) is 0 Å². The van der Waals surface area contributed by atoms with Crippen molar-refractivity contribution in [2.75, 3.05) is 24.6 Å². The Kier molecular flexibility index (Phi) is 6.19. The lowest BCUT2D eigenvalue weighted by Crippen LogP contribution is -2.50. The van der Waals surface area contributed by atoms with Crippen LogP contribution in [0.25, 0.3) is 11.0 Å². The molecule has 0 aliphatic carbocycles. The van der Waals surface area contributed by atoms with Gasteiger partial charge in [0.2, 0.25) is 0 Å². The molecule has 10 heteroatoms. The first-order valence-corrected chi connectivity index (χ1v) is 13.4. The summed E-state index contributed by atoms with van der Waals surface area (Å²) in [7, 11) is -1.14. The molecule has 0 saturated carbocycles. The standard InChI is InChI=1S/C18H30N6O3Si/c1-12-7-13(20-18(25)26)10-24(9-12)17-14-8-19-23-16(14)21-15(22-17)11-27-5-6-28(2,3)4/h8,12-13,20H,5-7,9-11H2,1-4H3,(H,25,26)(H,19,21,22,23)/t12-,13+/m0/s1. The van der Waals surface area contributed by atoms with E-state index in [-0.39, 0.29) is 6.04 Å². The van der Waals surface area contributed by atoms with Gasteiger partial charge in [-0.05, 0) is 18.4 Å². The summed E-state index contributed by atoms with van der Waals surface area (Å²) in [5, 5.41) is 19.6. The second-order valence-electron chi connectivity index (χ2n) is 8.85. The van der Waals surface area contributed by atoms with Crippen LogP contribution in [0.2, 0.25) is 25.7 Å². The normalized spacial score (nSPS) is 20.5. The van der Waals surface area contributed by atoms with E-state index in [0.717, 1.165) is 30.2 Å². The van der Waals surface area contributed by atoms with Gasteiger partial charge in [-0.15, -0.1) is 0 Å². The van der Waals surface area contributed by atoms with Crippen LogP contribution in [0, 0.1) is 5.92 Å². The monoisotopic (exact) mass is 406 g/mol. The summed E-state index contributed by atoms with van der Waals surface area (Å²) in [6, 6.07) is 0.966. The van der Waals surface area contributed by atoms with Gasteiger partial charge in [0, 0.05) is 27.8 Å². The zero-order chi connectivity index (χ0) is 20.3. The smallest absolute Gasteiger partial charge is 0.404 e. The summed E-state index contributed by atoms with van der Waals surface area (Å²) < 4.78 is 5.83. The maximum Gasteiger partial charge on any atom is 0.404 e. The minimum atomic E-state index is -1.14. The van der Waals surface area contributed by atoms with E-state index in [1.54, 1.807) is 6.20 Å². The van der Waals surface area contributed by atoms with Gasteiger partial charge in [0.05, 0.1) is 17.6 Å². The second kappa shape index (κ2) is 8.44. The minimum Gasteiger partial charge on any atom is -0.465 e. The van der Waals surface area contributed by atoms with Gasteiger partial charge in [-0.2, -0.15) is 5.10 Å². The first-order chi connectivity index (χ1) is 13.2. The molecule has 0 unspecified atom stereocenters. The second-order valence-corrected chi connectivity index (χ2v) is 14.5. The molecule has 1 aliphatic heterocycles. The van der Waals surface area contributed by atoms with E-state index in [4.69, 9.17) is 14.8 Å². The Labute approximate surface area is 165 Å². The van der Waals surface area contributed by atoms with Crippen LogP contribution >= 0.6 is 0 Å². The zero-order valence-corrected chi connectivity index (χ0v) is 18.0. The van der Waals surface area contributed by atoms with Gasteiger partial charge in [-0.25, -0.2) is 14.8 Å². The first kappa shape index (κ1) is 20.5. The van der Waals surface area contributed by atoms with E-state index >= 15 is 0 Å². The number of ether oxygens (including phenoxy) is 1. The van der Waals surface area contributed by atoms with Crippen molar-refractivity contribution in [3.05, 3.63) is 12.0 Å². The Balaban J connectivity index is 1.77. The summed E-state index contributed by atoms with van der Waals surface area (Å²) in [6.07, 6.45) is 1.54. The third-order valence-electron chi connectivity index (χ3n) is 4.85. The number of carboxylic acid groups (broad SMARTS) is 1. The van der Waals surface area contributed by atoms with E-state index < -0.39 is 14.2 Å². The van der Waals surface area contributed by atoms with E-state index in [1.807, 2.05) is 0 Å². The van der Waals surface area contributed by atoms with Crippen molar-refractivity contribution < 1.29 is 14.6 Å². The number of H-pyrrole nitrogens is 1. The molecule has 9 nitrogen and oxygen atoms in total. The number of nitrogens with one attached hydrogen (secondary N) is 2. The number of aromatic nitrogens is 4. The molecule has 0 spiro atoms. The zero-order valence-electron chi connectivity index (χ0n) is 17.0. The molecule has 154 valence electrons. The molecule has 1 aliphatic rings. The largest absolute Gasteiger partial charge is 0.465 e. The van der Waals surface area contributed by atoms with Crippen molar-refractivity contribution in [3.8, 4) is 0 Å². The highest BCUT2D eigenvalue weighted by Crippen LogP contribution is 2.27. The summed E-state index contributed by atoms with van der Waals surface area (Å²) in [4.78, 5) is 22.5. The topological polar surface area (TPSA) is 116 Å². The van der Waals surface area contributed by atoms with Crippen LogP contribution in [-0.2, 0) is 11.3 Å². The molecule has 0 radical (unpaired) electrons. The molecular weight excluding hydrogens is 376 g/mol. The highest BCUT2D eigenvalue weighted by atomic mass is 28.3. The van der Waals surface area contributed by atoms with Crippen molar-refractivity contribution in [1.82, 2.24) is 25.5 Å². The summed E-state index contributed by atoms with van der Waals surface area (Å²) in [5.74, 6) is 1.74.